The minimum absolute atomic E-state index is 0.0687. The predicted octanol–water partition coefficient (Wildman–Crippen LogP) is 0.220. The van der Waals surface area contributed by atoms with Crippen molar-refractivity contribution in [2.24, 2.45) is 0 Å². The molecular weight excluding hydrogens is 326 g/mol. The standard InChI is InChI=1S/C13H15N3O6S/c17-13-11-6-8-22-12(14-13)5-7-15(11)23(20,21)10-3-1-9(2-4-10)16(18)19/h1-4,11-12H,5-8H2,(H,14,17)/t11-,12-/m0/s1. The molecule has 0 aliphatic carbocycles. The number of benzene rings is 1. The molecule has 1 aromatic carbocycles. The fourth-order valence-corrected chi connectivity index (χ4v) is 4.38. The first-order valence-electron chi connectivity index (χ1n) is 7.08. The van der Waals surface area contributed by atoms with E-state index in [1.165, 1.54) is 12.1 Å². The number of ether oxygens (including phenoxy) is 1. The number of non-ortho nitro benzene ring substituents is 1. The summed E-state index contributed by atoms with van der Waals surface area (Å²) < 4.78 is 32.2. The van der Waals surface area contributed by atoms with Crippen LogP contribution in [0.1, 0.15) is 12.8 Å². The quantitative estimate of drug-likeness (QED) is 0.620. The molecule has 0 radical (unpaired) electrons. The molecule has 1 aromatic rings. The third-order valence-electron chi connectivity index (χ3n) is 3.93. The predicted molar refractivity (Wildman–Crippen MR) is 77.9 cm³/mol. The molecule has 0 saturated carbocycles. The van der Waals surface area contributed by atoms with Gasteiger partial charge in [-0.15, -0.1) is 0 Å². The molecule has 23 heavy (non-hydrogen) atoms. The Balaban J connectivity index is 1.94. The highest BCUT2D eigenvalue weighted by atomic mass is 32.2. The number of hydrogen-bond donors (Lipinski definition) is 1. The number of amides is 1. The van der Waals surface area contributed by atoms with Crippen LogP contribution in [0.15, 0.2) is 29.2 Å². The zero-order valence-electron chi connectivity index (χ0n) is 12.0. The van der Waals surface area contributed by atoms with Crippen molar-refractivity contribution >= 4 is 21.6 Å². The molecule has 10 heteroatoms. The maximum absolute atomic E-state index is 12.8. The molecule has 0 spiro atoms. The van der Waals surface area contributed by atoms with Crippen molar-refractivity contribution in [2.45, 2.75) is 30.0 Å². The van der Waals surface area contributed by atoms with Crippen LogP contribution in [0, 0.1) is 10.1 Å². The lowest BCUT2D eigenvalue weighted by Crippen LogP contribution is -2.46. The van der Waals surface area contributed by atoms with Gasteiger partial charge in [-0.25, -0.2) is 8.42 Å². The van der Waals surface area contributed by atoms with Crippen LogP contribution in [-0.2, 0) is 19.6 Å². The van der Waals surface area contributed by atoms with Crippen molar-refractivity contribution in [3.63, 3.8) is 0 Å². The minimum Gasteiger partial charge on any atom is -0.358 e. The van der Waals surface area contributed by atoms with Crippen LogP contribution < -0.4 is 5.32 Å². The molecule has 2 fully saturated rings. The van der Waals surface area contributed by atoms with Crippen LogP contribution in [0.4, 0.5) is 5.69 Å². The maximum Gasteiger partial charge on any atom is 0.269 e. The van der Waals surface area contributed by atoms with Gasteiger partial charge in [-0.05, 0) is 18.6 Å². The van der Waals surface area contributed by atoms with Crippen molar-refractivity contribution in [1.29, 1.82) is 0 Å². The second-order valence-corrected chi connectivity index (χ2v) is 7.22. The Hall–Kier alpha value is -2.04. The summed E-state index contributed by atoms with van der Waals surface area (Å²) in [6.07, 6.45) is 0.146. The highest BCUT2D eigenvalue weighted by Gasteiger charge is 2.41. The summed E-state index contributed by atoms with van der Waals surface area (Å²) in [7, 11) is -3.92. The van der Waals surface area contributed by atoms with E-state index >= 15 is 0 Å². The number of sulfonamides is 1. The molecule has 2 aliphatic heterocycles. The average molecular weight is 341 g/mol. The van der Waals surface area contributed by atoms with Gasteiger partial charge < -0.3 is 10.1 Å². The number of hydrogen-bond acceptors (Lipinski definition) is 6. The fourth-order valence-electron chi connectivity index (χ4n) is 2.74. The van der Waals surface area contributed by atoms with E-state index in [0.717, 1.165) is 16.4 Å². The summed E-state index contributed by atoms with van der Waals surface area (Å²) in [5, 5.41) is 13.3. The number of nitro groups is 1. The van der Waals surface area contributed by atoms with Crippen LogP contribution in [0.3, 0.4) is 0 Å². The molecule has 0 unspecified atom stereocenters. The highest BCUT2D eigenvalue weighted by Crippen LogP contribution is 2.26. The largest absolute Gasteiger partial charge is 0.358 e. The lowest BCUT2D eigenvalue weighted by Gasteiger charge is -2.28. The molecule has 2 bridgehead atoms. The van der Waals surface area contributed by atoms with Gasteiger partial charge in [0.15, 0.2) is 0 Å². The van der Waals surface area contributed by atoms with E-state index in [-0.39, 0.29) is 29.5 Å². The first-order chi connectivity index (χ1) is 10.9. The van der Waals surface area contributed by atoms with E-state index in [4.69, 9.17) is 4.74 Å². The van der Waals surface area contributed by atoms with Gasteiger partial charge in [0.2, 0.25) is 15.9 Å². The Morgan fingerprint density at radius 3 is 2.61 bits per heavy atom. The maximum atomic E-state index is 12.8. The zero-order valence-corrected chi connectivity index (χ0v) is 12.9. The summed E-state index contributed by atoms with van der Waals surface area (Å²) in [6.45, 7) is 0.438. The van der Waals surface area contributed by atoms with Crippen LogP contribution in [0.2, 0.25) is 0 Å². The second-order valence-electron chi connectivity index (χ2n) is 5.33. The van der Waals surface area contributed by atoms with E-state index in [1.807, 2.05) is 0 Å². The number of nitrogens with zero attached hydrogens (tertiary/aromatic N) is 2. The molecule has 2 atom stereocenters. The molecule has 124 valence electrons. The van der Waals surface area contributed by atoms with Gasteiger partial charge >= 0.3 is 0 Å². The van der Waals surface area contributed by atoms with E-state index in [1.54, 1.807) is 0 Å². The third-order valence-corrected chi connectivity index (χ3v) is 5.85. The smallest absolute Gasteiger partial charge is 0.269 e. The Morgan fingerprint density at radius 1 is 1.26 bits per heavy atom. The van der Waals surface area contributed by atoms with Crippen molar-refractivity contribution in [1.82, 2.24) is 9.62 Å². The Bertz CT molecular complexity index is 733. The first-order valence-corrected chi connectivity index (χ1v) is 8.52. The Labute approximate surface area is 132 Å². The number of carbonyl (C=O) groups is 1. The summed E-state index contributed by atoms with van der Waals surface area (Å²) >= 11 is 0. The number of rotatable bonds is 3. The third kappa shape index (κ3) is 2.92. The van der Waals surface area contributed by atoms with Crippen LogP contribution >= 0.6 is 0 Å². The van der Waals surface area contributed by atoms with Crippen molar-refractivity contribution in [2.75, 3.05) is 13.2 Å². The minimum atomic E-state index is -3.92. The number of fused-ring (bicyclic) bond motifs is 3. The first kappa shape index (κ1) is 15.8. The number of nitro benzene ring substituents is 1. The molecule has 2 aliphatic rings. The Kier molecular flexibility index (Phi) is 4.04. The zero-order chi connectivity index (χ0) is 16.6. The summed E-state index contributed by atoms with van der Waals surface area (Å²) in [4.78, 5) is 22.1. The van der Waals surface area contributed by atoms with Gasteiger partial charge in [0.25, 0.3) is 5.69 Å². The monoisotopic (exact) mass is 341 g/mol. The Morgan fingerprint density at radius 2 is 1.96 bits per heavy atom. The summed E-state index contributed by atoms with van der Waals surface area (Å²) in [6, 6.07) is 3.82. The molecule has 2 saturated heterocycles. The second kappa shape index (κ2) is 5.87. The molecule has 2 heterocycles. The van der Waals surface area contributed by atoms with E-state index < -0.39 is 27.2 Å². The summed E-state index contributed by atoms with van der Waals surface area (Å²) in [5.74, 6) is -0.379. The molecule has 0 aromatic heterocycles. The topological polar surface area (TPSA) is 119 Å². The lowest BCUT2D eigenvalue weighted by molar-refractivity contribution is -0.384. The van der Waals surface area contributed by atoms with E-state index in [2.05, 4.69) is 5.32 Å². The SMILES string of the molecule is O=C1N[C@@H]2CCN(S(=O)(=O)c3ccc([N+](=O)[O-])cc3)[C@H]1CCO2. The molecular formula is C13H15N3O6S. The normalized spacial score (nSPS) is 25.5. The number of nitrogens with one attached hydrogen (secondary N) is 1. The van der Waals surface area contributed by atoms with Gasteiger partial charge in [0.05, 0.1) is 16.4 Å². The van der Waals surface area contributed by atoms with E-state index in [9.17, 15) is 23.3 Å². The van der Waals surface area contributed by atoms with Crippen LogP contribution in [0.5, 0.6) is 0 Å². The van der Waals surface area contributed by atoms with Crippen LogP contribution in [0.25, 0.3) is 0 Å². The fraction of sp³-hybridized carbons (Fsp3) is 0.462. The molecule has 9 nitrogen and oxygen atoms in total. The molecule has 1 amide bonds. The molecule has 3 rings (SSSR count). The van der Waals surface area contributed by atoms with Gasteiger partial charge in [0.1, 0.15) is 12.3 Å². The van der Waals surface area contributed by atoms with Crippen molar-refractivity contribution < 1.29 is 22.9 Å². The summed E-state index contributed by atoms with van der Waals surface area (Å²) in [5.41, 5.74) is -0.191. The highest BCUT2D eigenvalue weighted by molar-refractivity contribution is 7.89. The lowest BCUT2D eigenvalue weighted by atomic mass is 10.2. The van der Waals surface area contributed by atoms with E-state index in [0.29, 0.717) is 13.0 Å². The average Bonchev–Trinajstić information content (AvgIpc) is 2.76. The van der Waals surface area contributed by atoms with Crippen molar-refractivity contribution in [3.8, 4) is 0 Å². The van der Waals surface area contributed by atoms with Crippen molar-refractivity contribution in [3.05, 3.63) is 34.4 Å². The number of carbonyl (C=O) groups excluding carboxylic acids is 1. The van der Waals surface area contributed by atoms with Gasteiger partial charge in [-0.2, -0.15) is 4.31 Å². The van der Waals surface area contributed by atoms with Crippen LogP contribution in [-0.4, -0.2) is 49.0 Å². The van der Waals surface area contributed by atoms with Gasteiger partial charge in [-0.3, -0.25) is 14.9 Å². The van der Waals surface area contributed by atoms with Gasteiger partial charge in [-0.1, -0.05) is 0 Å². The van der Waals surface area contributed by atoms with Gasteiger partial charge in [0, 0.05) is 25.1 Å². The molecule has 1 N–H and O–H groups in total.